The molecule has 0 saturated carbocycles. The van der Waals surface area contributed by atoms with Crippen molar-refractivity contribution in [1.82, 2.24) is 4.90 Å². The number of fused-ring (bicyclic) bond motifs is 1. The lowest BCUT2D eigenvalue weighted by molar-refractivity contribution is -0.119. The first-order valence-electron chi connectivity index (χ1n) is 10.1. The van der Waals surface area contributed by atoms with Crippen molar-refractivity contribution in [3.8, 4) is 5.75 Å². The summed E-state index contributed by atoms with van der Waals surface area (Å²) in [5, 5.41) is 2.84. The van der Waals surface area contributed by atoms with Crippen LogP contribution in [0.25, 0.3) is 0 Å². The molecule has 6 heteroatoms. The van der Waals surface area contributed by atoms with Crippen LogP contribution in [0.15, 0.2) is 78.9 Å². The maximum Gasteiger partial charge on any atom is 0.262 e. The highest BCUT2D eigenvalue weighted by atomic mass is 16.5. The van der Waals surface area contributed by atoms with Gasteiger partial charge in [0.15, 0.2) is 0 Å². The minimum Gasteiger partial charge on any atom is -0.494 e. The van der Waals surface area contributed by atoms with Crippen LogP contribution in [-0.2, 0) is 11.2 Å². The summed E-state index contributed by atoms with van der Waals surface area (Å²) in [6, 6.07) is 22.0. The summed E-state index contributed by atoms with van der Waals surface area (Å²) in [6.45, 7) is 2.44. The average molecular weight is 414 g/mol. The number of benzene rings is 3. The molecule has 0 aliphatic carbocycles. The molecule has 0 saturated heterocycles. The van der Waals surface area contributed by atoms with E-state index in [1.54, 1.807) is 48.5 Å². The third-order valence-corrected chi connectivity index (χ3v) is 5.14. The Morgan fingerprint density at radius 1 is 0.871 bits per heavy atom. The van der Waals surface area contributed by atoms with Crippen LogP contribution in [0, 0.1) is 0 Å². The third kappa shape index (κ3) is 4.19. The van der Waals surface area contributed by atoms with E-state index >= 15 is 0 Å². The number of hydrogen-bond acceptors (Lipinski definition) is 4. The molecule has 0 bridgehead atoms. The van der Waals surface area contributed by atoms with E-state index in [-0.39, 0.29) is 6.42 Å². The van der Waals surface area contributed by atoms with Crippen molar-refractivity contribution in [2.75, 3.05) is 11.9 Å². The first kappa shape index (κ1) is 20.3. The SMILES string of the molecule is CCOc1ccc(NC(=O)[C@H](Cc2ccccc2)N2C(=O)c3ccccc3C2=O)cc1. The molecule has 6 nitrogen and oxygen atoms in total. The fourth-order valence-corrected chi connectivity index (χ4v) is 3.66. The molecule has 1 atom stereocenters. The number of ether oxygens (including phenoxy) is 1. The predicted octanol–water partition coefficient (Wildman–Crippen LogP) is 3.93. The Balaban J connectivity index is 1.62. The van der Waals surface area contributed by atoms with Gasteiger partial charge in [-0.05, 0) is 48.9 Å². The van der Waals surface area contributed by atoms with Crippen LogP contribution in [0.3, 0.4) is 0 Å². The Hall–Kier alpha value is -3.93. The summed E-state index contributed by atoms with van der Waals surface area (Å²) in [4.78, 5) is 40.4. The van der Waals surface area contributed by atoms with E-state index in [1.165, 1.54) is 0 Å². The number of amides is 3. The number of imide groups is 1. The Morgan fingerprint density at radius 3 is 2.03 bits per heavy atom. The molecule has 156 valence electrons. The molecule has 1 aliphatic rings. The van der Waals surface area contributed by atoms with E-state index in [0.717, 1.165) is 10.5 Å². The second-order valence-corrected chi connectivity index (χ2v) is 7.18. The van der Waals surface area contributed by atoms with Gasteiger partial charge in [0.1, 0.15) is 11.8 Å². The van der Waals surface area contributed by atoms with Crippen molar-refractivity contribution in [2.24, 2.45) is 0 Å². The molecule has 1 N–H and O–H groups in total. The van der Waals surface area contributed by atoms with Gasteiger partial charge in [-0.25, -0.2) is 0 Å². The molecular formula is C25H22N2O4. The summed E-state index contributed by atoms with van der Waals surface area (Å²) in [5.41, 5.74) is 2.05. The van der Waals surface area contributed by atoms with Gasteiger partial charge in [0.2, 0.25) is 5.91 Å². The van der Waals surface area contributed by atoms with Crippen molar-refractivity contribution < 1.29 is 19.1 Å². The number of nitrogens with zero attached hydrogens (tertiary/aromatic N) is 1. The molecule has 3 aromatic rings. The molecule has 1 heterocycles. The molecule has 0 radical (unpaired) electrons. The van der Waals surface area contributed by atoms with Crippen LogP contribution in [0.1, 0.15) is 33.2 Å². The van der Waals surface area contributed by atoms with Gasteiger partial charge in [0, 0.05) is 12.1 Å². The lowest BCUT2D eigenvalue weighted by Crippen LogP contribution is -2.48. The van der Waals surface area contributed by atoms with Crippen molar-refractivity contribution in [3.05, 3.63) is 95.6 Å². The van der Waals surface area contributed by atoms with Crippen LogP contribution in [0.4, 0.5) is 5.69 Å². The zero-order chi connectivity index (χ0) is 21.8. The highest BCUT2D eigenvalue weighted by molar-refractivity contribution is 6.23. The standard InChI is InChI=1S/C25H22N2O4/c1-2-31-19-14-12-18(13-15-19)26-23(28)22(16-17-8-4-3-5-9-17)27-24(29)20-10-6-7-11-21(20)25(27)30/h3-15,22H,2,16H2,1H3,(H,26,28)/t22-/m0/s1. The maximum absolute atomic E-state index is 13.3. The highest BCUT2D eigenvalue weighted by Crippen LogP contribution is 2.27. The van der Waals surface area contributed by atoms with E-state index < -0.39 is 23.8 Å². The molecule has 0 aromatic heterocycles. The summed E-state index contributed by atoms with van der Waals surface area (Å²) < 4.78 is 5.43. The topological polar surface area (TPSA) is 75.7 Å². The zero-order valence-electron chi connectivity index (χ0n) is 17.1. The van der Waals surface area contributed by atoms with Gasteiger partial charge in [-0.2, -0.15) is 0 Å². The number of rotatable bonds is 7. The summed E-state index contributed by atoms with van der Waals surface area (Å²) in [5.74, 6) is -0.643. The Labute approximate surface area is 180 Å². The average Bonchev–Trinajstić information content (AvgIpc) is 3.05. The molecular weight excluding hydrogens is 392 g/mol. The van der Waals surface area contributed by atoms with Crippen molar-refractivity contribution in [2.45, 2.75) is 19.4 Å². The largest absolute Gasteiger partial charge is 0.494 e. The smallest absolute Gasteiger partial charge is 0.262 e. The van der Waals surface area contributed by atoms with E-state index in [1.807, 2.05) is 37.3 Å². The van der Waals surface area contributed by atoms with Gasteiger partial charge in [0.05, 0.1) is 17.7 Å². The molecule has 3 aromatic carbocycles. The number of anilines is 1. The Bertz CT molecular complexity index is 1070. The fourth-order valence-electron chi connectivity index (χ4n) is 3.66. The number of hydrogen-bond donors (Lipinski definition) is 1. The van der Waals surface area contributed by atoms with Crippen LogP contribution in [-0.4, -0.2) is 35.3 Å². The van der Waals surface area contributed by atoms with Crippen LogP contribution >= 0.6 is 0 Å². The van der Waals surface area contributed by atoms with Crippen molar-refractivity contribution >= 4 is 23.4 Å². The molecule has 1 aliphatic heterocycles. The Morgan fingerprint density at radius 2 is 1.45 bits per heavy atom. The first-order chi connectivity index (χ1) is 15.1. The monoisotopic (exact) mass is 414 g/mol. The van der Waals surface area contributed by atoms with Crippen LogP contribution in [0.2, 0.25) is 0 Å². The third-order valence-electron chi connectivity index (χ3n) is 5.14. The van der Waals surface area contributed by atoms with Crippen LogP contribution < -0.4 is 10.1 Å². The minimum absolute atomic E-state index is 0.217. The molecule has 0 unspecified atom stereocenters. The predicted molar refractivity (Wildman–Crippen MR) is 117 cm³/mol. The van der Waals surface area contributed by atoms with Crippen molar-refractivity contribution in [3.63, 3.8) is 0 Å². The fraction of sp³-hybridized carbons (Fsp3) is 0.160. The van der Waals surface area contributed by atoms with E-state index in [9.17, 15) is 14.4 Å². The van der Waals surface area contributed by atoms with Gasteiger partial charge >= 0.3 is 0 Å². The summed E-state index contributed by atoms with van der Waals surface area (Å²) in [7, 11) is 0. The zero-order valence-corrected chi connectivity index (χ0v) is 17.1. The summed E-state index contributed by atoms with van der Waals surface area (Å²) in [6.07, 6.45) is 0.217. The normalized spacial score (nSPS) is 13.6. The number of nitrogens with one attached hydrogen (secondary N) is 1. The molecule has 0 spiro atoms. The maximum atomic E-state index is 13.3. The first-order valence-corrected chi connectivity index (χ1v) is 10.1. The van der Waals surface area contributed by atoms with E-state index in [4.69, 9.17) is 4.74 Å². The second kappa shape index (κ2) is 8.83. The van der Waals surface area contributed by atoms with E-state index in [0.29, 0.717) is 29.2 Å². The van der Waals surface area contributed by atoms with Gasteiger partial charge in [-0.3, -0.25) is 19.3 Å². The highest BCUT2D eigenvalue weighted by Gasteiger charge is 2.42. The molecule has 0 fully saturated rings. The lowest BCUT2D eigenvalue weighted by Gasteiger charge is -2.25. The van der Waals surface area contributed by atoms with E-state index in [2.05, 4.69) is 5.32 Å². The molecule has 31 heavy (non-hydrogen) atoms. The van der Waals surface area contributed by atoms with Gasteiger partial charge < -0.3 is 10.1 Å². The minimum atomic E-state index is -0.985. The Kier molecular flexibility index (Phi) is 5.80. The lowest BCUT2D eigenvalue weighted by atomic mass is 10.0. The number of carbonyl (C=O) groups is 3. The second-order valence-electron chi connectivity index (χ2n) is 7.18. The van der Waals surface area contributed by atoms with Crippen molar-refractivity contribution in [1.29, 1.82) is 0 Å². The van der Waals surface area contributed by atoms with Gasteiger partial charge in [-0.15, -0.1) is 0 Å². The number of carbonyl (C=O) groups excluding carboxylic acids is 3. The van der Waals surface area contributed by atoms with Gasteiger partial charge in [-0.1, -0.05) is 42.5 Å². The van der Waals surface area contributed by atoms with Gasteiger partial charge in [0.25, 0.3) is 11.8 Å². The van der Waals surface area contributed by atoms with Crippen LogP contribution in [0.5, 0.6) is 5.75 Å². The quantitative estimate of drug-likeness (QED) is 0.595. The summed E-state index contributed by atoms with van der Waals surface area (Å²) >= 11 is 0. The molecule has 4 rings (SSSR count). The molecule has 3 amide bonds.